The zero-order valence-corrected chi connectivity index (χ0v) is 14.6. The summed E-state index contributed by atoms with van der Waals surface area (Å²) in [5, 5.41) is 39.7. The lowest BCUT2D eigenvalue weighted by atomic mass is 9.92. The summed E-state index contributed by atoms with van der Waals surface area (Å²) in [6, 6.07) is 0. The number of rotatable bonds is 10. The Bertz CT molecular complexity index is 412. The van der Waals surface area contributed by atoms with Crippen LogP contribution in [0.4, 0.5) is 0 Å². The fraction of sp³-hybridized carbons (Fsp3) is 0.933. The number of carbonyl (C=O) groups is 1. The van der Waals surface area contributed by atoms with Crippen LogP contribution in [0.15, 0.2) is 0 Å². The lowest BCUT2D eigenvalue weighted by Crippen LogP contribution is -2.62. The Morgan fingerprint density at radius 2 is 2.00 bits per heavy atom. The van der Waals surface area contributed by atoms with Gasteiger partial charge in [-0.05, 0) is 6.92 Å². The van der Waals surface area contributed by atoms with Crippen LogP contribution in [0.25, 0.3) is 0 Å². The van der Waals surface area contributed by atoms with Crippen LogP contribution in [0, 0.1) is 5.92 Å². The maximum Gasteiger partial charge on any atom is 0.212 e. The molecule has 8 unspecified atom stereocenters. The summed E-state index contributed by atoms with van der Waals surface area (Å²) in [6.45, 7) is 1.85. The van der Waals surface area contributed by atoms with Crippen molar-refractivity contribution in [2.45, 2.75) is 56.4 Å². The van der Waals surface area contributed by atoms with Crippen molar-refractivity contribution < 1.29 is 44.2 Å². The average molecular weight is 367 g/mol. The molecule has 10 heteroatoms. The molecule has 0 saturated carbocycles. The molecule has 6 N–H and O–H groups in total. The Labute approximate surface area is 146 Å². The molecule has 0 aromatic carbocycles. The molecular weight excluding hydrogens is 338 g/mol. The van der Waals surface area contributed by atoms with Gasteiger partial charge in [0, 0.05) is 13.0 Å². The first-order chi connectivity index (χ1) is 11.8. The first-order valence-corrected chi connectivity index (χ1v) is 8.06. The fourth-order valence-corrected chi connectivity index (χ4v) is 2.60. The molecule has 25 heavy (non-hydrogen) atoms. The lowest BCUT2D eigenvalue weighted by molar-refractivity contribution is -0.382. The zero-order chi connectivity index (χ0) is 19.2. The van der Waals surface area contributed by atoms with E-state index in [1.54, 1.807) is 6.92 Å². The molecule has 8 atom stereocenters. The van der Waals surface area contributed by atoms with Gasteiger partial charge in [-0.25, -0.2) is 0 Å². The second-order valence-electron chi connectivity index (χ2n) is 6.13. The predicted molar refractivity (Wildman–Crippen MR) is 84.3 cm³/mol. The highest BCUT2D eigenvalue weighted by molar-refractivity contribution is 5.55. The standard InChI is InChI=1S/C15H29NO9/c1-8(4-17)24-15(7-16,11(19)5-18)25-14-9(2)12(20)13(21)10(23-14)6-22-3/h4,8-14,18-21H,5-7,16H2,1-3H3. The fourth-order valence-electron chi connectivity index (χ4n) is 2.60. The summed E-state index contributed by atoms with van der Waals surface area (Å²) in [7, 11) is 1.41. The van der Waals surface area contributed by atoms with Gasteiger partial charge in [-0.3, -0.25) is 0 Å². The molecule has 1 aliphatic heterocycles. The van der Waals surface area contributed by atoms with Crippen molar-refractivity contribution in [3.05, 3.63) is 0 Å². The summed E-state index contributed by atoms with van der Waals surface area (Å²) >= 11 is 0. The molecule has 0 amide bonds. The highest BCUT2D eigenvalue weighted by Crippen LogP contribution is 2.32. The van der Waals surface area contributed by atoms with Gasteiger partial charge in [0.1, 0.15) is 30.7 Å². The Morgan fingerprint density at radius 1 is 1.36 bits per heavy atom. The van der Waals surface area contributed by atoms with E-state index in [-0.39, 0.29) is 6.61 Å². The third kappa shape index (κ3) is 5.16. The summed E-state index contributed by atoms with van der Waals surface area (Å²) in [5.74, 6) is -2.65. The predicted octanol–water partition coefficient (Wildman–Crippen LogP) is -2.66. The van der Waals surface area contributed by atoms with Crippen molar-refractivity contribution in [2.24, 2.45) is 11.7 Å². The molecule has 0 aromatic rings. The molecule has 10 nitrogen and oxygen atoms in total. The molecule has 1 rings (SSSR count). The molecule has 148 valence electrons. The number of methoxy groups -OCH3 is 1. The van der Waals surface area contributed by atoms with Gasteiger partial charge in [0.05, 0.1) is 25.9 Å². The molecule has 0 aliphatic carbocycles. The molecule has 1 fully saturated rings. The molecule has 0 bridgehead atoms. The first-order valence-electron chi connectivity index (χ1n) is 8.06. The monoisotopic (exact) mass is 367 g/mol. The maximum absolute atomic E-state index is 10.9. The minimum Gasteiger partial charge on any atom is -0.393 e. The average Bonchev–Trinajstić information content (AvgIpc) is 2.62. The number of nitrogens with two attached hydrogens (primary N) is 1. The van der Waals surface area contributed by atoms with Crippen molar-refractivity contribution in [3.8, 4) is 0 Å². The minimum absolute atomic E-state index is 0.00537. The molecule has 1 heterocycles. The molecule has 0 radical (unpaired) electrons. The van der Waals surface area contributed by atoms with E-state index in [1.165, 1.54) is 14.0 Å². The van der Waals surface area contributed by atoms with Crippen molar-refractivity contribution in [1.82, 2.24) is 0 Å². The van der Waals surface area contributed by atoms with Crippen molar-refractivity contribution in [3.63, 3.8) is 0 Å². The lowest BCUT2D eigenvalue weighted by Gasteiger charge is -2.46. The van der Waals surface area contributed by atoms with Gasteiger partial charge in [0.25, 0.3) is 0 Å². The van der Waals surface area contributed by atoms with Crippen molar-refractivity contribution in [2.75, 3.05) is 26.9 Å². The van der Waals surface area contributed by atoms with E-state index in [9.17, 15) is 25.2 Å². The van der Waals surface area contributed by atoms with E-state index in [0.29, 0.717) is 6.29 Å². The van der Waals surface area contributed by atoms with Crippen LogP contribution >= 0.6 is 0 Å². The number of hydrogen-bond acceptors (Lipinski definition) is 10. The van der Waals surface area contributed by atoms with Gasteiger partial charge in [-0.1, -0.05) is 6.92 Å². The highest BCUT2D eigenvalue weighted by Gasteiger charge is 2.49. The summed E-state index contributed by atoms with van der Waals surface area (Å²) in [5.41, 5.74) is 5.68. The van der Waals surface area contributed by atoms with Gasteiger partial charge in [-0.15, -0.1) is 0 Å². The van der Waals surface area contributed by atoms with Gasteiger partial charge in [0.15, 0.2) is 6.29 Å². The van der Waals surface area contributed by atoms with Crippen LogP contribution in [0.3, 0.4) is 0 Å². The van der Waals surface area contributed by atoms with Crippen LogP contribution in [-0.4, -0.2) is 96.2 Å². The van der Waals surface area contributed by atoms with Crippen LogP contribution in [-0.2, 0) is 23.7 Å². The Kier molecular flexibility index (Phi) is 8.81. The topological polar surface area (TPSA) is 161 Å². The smallest absolute Gasteiger partial charge is 0.212 e. The molecule has 1 aliphatic rings. The number of carbonyl (C=O) groups excluding carboxylic acids is 1. The van der Waals surface area contributed by atoms with Crippen LogP contribution in [0.1, 0.15) is 13.8 Å². The highest BCUT2D eigenvalue weighted by atomic mass is 16.8. The second kappa shape index (κ2) is 9.86. The first kappa shape index (κ1) is 22.4. The number of aldehydes is 1. The Morgan fingerprint density at radius 3 is 2.48 bits per heavy atom. The molecule has 1 saturated heterocycles. The minimum atomic E-state index is -1.94. The number of aliphatic hydroxyl groups excluding tert-OH is 4. The molecule has 0 aromatic heterocycles. The van der Waals surface area contributed by atoms with Gasteiger partial charge >= 0.3 is 0 Å². The summed E-state index contributed by atoms with van der Waals surface area (Å²) in [4.78, 5) is 10.9. The summed E-state index contributed by atoms with van der Waals surface area (Å²) in [6.07, 6.45) is -6.47. The quantitative estimate of drug-likeness (QED) is 0.204. The summed E-state index contributed by atoms with van der Waals surface area (Å²) < 4.78 is 21.7. The maximum atomic E-state index is 10.9. The van der Waals surface area contributed by atoms with Gasteiger partial charge < -0.3 is 49.9 Å². The van der Waals surface area contributed by atoms with Crippen molar-refractivity contribution in [1.29, 1.82) is 0 Å². The van der Waals surface area contributed by atoms with E-state index in [1.807, 2.05) is 0 Å². The zero-order valence-electron chi connectivity index (χ0n) is 14.6. The van der Waals surface area contributed by atoms with Gasteiger partial charge in [0.2, 0.25) is 5.79 Å². The molecule has 0 spiro atoms. The van der Waals surface area contributed by atoms with Gasteiger partial charge in [-0.2, -0.15) is 0 Å². The van der Waals surface area contributed by atoms with E-state index in [2.05, 4.69) is 0 Å². The van der Waals surface area contributed by atoms with E-state index in [0.717, 1.165) is 0 Å². The van der Waals surface area contributed by atoms with Crippen molar-refractivity contribution >= 4 is 6.29 Å². The van der Waals surface area contributed by atoms with E-state index in [4.69, 9.17) is 24.7 Å². The Hall–Kier alpha value is -0.690. The molecular formula is C15H29NO9. The van der Waals surface area contributed by atoms with E-state index < -0.39 is 61.7 Å². The number of ether oxygens (including phenoxy) is 4. The Balaban J connectivity index is 3.05. The number of hydrogen-bond donors (Lipinski definition) is 5. The largest absolute Gasteiger partial charge is 0.393 e. The number of aliphatic hydroxyl groups is 4. The normalized spacial score (nSPS) is 35.0. The van der Waals surface area contributed by atoms with E-state index >= 15 is 0 Å². The van der Waals surface area contributed by atoms with Crippen LogP contribution in [0.2, 0.25) is 0 Å². The SMILES string of the molecule is COCC1OC(OC(CN)(OC(C)C=O)C(O)CO)C(C)C(O)C1O. The third-order valence-electron chi connectivity index (χ3n) is 4.20. The van der Waals surface area contributed by atoms with Crippen LogP contribution in [0.5, 0.6) is 0 Å². The second-order valence-corrected chi connectivity index (χ2v) is 6.13. The third-order valence-corrected chi connectivity index (χ3v) is 4.20. The van der Waals surface area contributed by atoms with Crippen LogP contribution < -0.4 is 5.73 Å².